The van der Waals surface area contributed by atoms with E-state index in [1.165, 1.54) is 5.56 Å². The lowest BCUT2D eigenvalue weighted by molar-refractivity contribution is 0.0332. The molecule has 0 aliphatic carbocycles. The summed E-state index contributed by atoms with van der Waals surface area (Å²) in [7, 11) is 0. The van der Waals surface area contributed by atoms with Crippen molar-refractivity contribution in [1.82, 2.24) is 15.2 Å². The van der Waals surface area contributed by atoms with Crippen molar-refractivity contribution < 1.29 is 14.3 Å². The molecule has 2 heterocycles. The lowest BCUT2D eigenvalue weighted by atomic mass is 10.0. The molecule has 1 saturated heterocycles. The summed E-state index contributed by atoms with van der Waals surface area (Å²) in [5, 5.41) is 6.25. The molecule has 1 aliphatic heterocycles. The Morgan fingerprint density at radius 3 is 2.50 bits per heavy atom. The van der Waals surface area contributed by atoms with Gasteiger partial charge in [-0.1, -0.05) is 29.8 Å². The number of nitrogens with zero attached hydrogens (tertiary/aromatic N) is 2. The van der Waals surface area contributed by atoms with Gasteiger partial charge in [-0.2, -0.15) is 0 Å². The normalized spacial score (nSPS) is 15.3. The standard InChI is InChI=1S/C25H29N3O3S/c1-18-3-5-20(6-4-18)24(15-28-11-13-30-14-12-28)27-25(29)21-7-9-23(10-8-21)31-16-22-17-32-19(2)26-22/h3-10,17,24H,11-16H2,1-2H3,(H,27,29). The van der Waals surface area contributed by atoms with Crippen LogP contribution in [0.25, 0.3) is 0 Å². The van der Waals surface area contributed by atoms with Gasteiger partial charge in [-0.15, -0.1) is 11.3 Å². The number of carbonyl (C=O) groups is 1. The summed E-state index contributed by atoms with van der Waals surface area (Å²) in [6.07, 6.45) is 0. The Morgan fingerprint density at radius 2 is 1.84 bits per heavy atom. The number of hydrogen-bond acceptors (Lipinski definition) is 6. The van der Waals surface area contributed by atoms with Crippen LogP contribution in [0.15, 0.2) is 53.9 Å². The lowest BCUT2D eigenvalue weighted by Gasteiger charge is -2.31. The summed E-state index contributed by atoms with van der Waals surface area (Å²) < 4.78 is 11.3. The number of rotatable bonds is 8. The third-order valence-electron chi connectivity index (χ3n) is 5.50. The molecule has 0 spiro atoms. The maximum atomic E-state index is 13.0. The van der Waals surface area contributed by atoms with Crippen LogP contribution in [0.5, 0.6) is 5.75 Å². The van der Waals surface area contributed by atoms with E-state index in [0.29, 0.717) is 12.2 Å². The number of thiazole rings is 1. The Hall–Kier alpha value is -2.74. The van der Waals surface area contributed by atoms with Crippen molar-refractivity contribution in [1.29, 1.82) is 0 Å². The van der Waals surface area contributed by atoms with Crippen LogP contribution in [0.3, 0.4) is 0 Å². The topological polar surface area (TPSA) is 63.7 Å². The maximum Gasteiger partial charge on any atom is 0.251 e. The minimum atomic E-state index is -0.0926. The number of ether oxygens (including phenoxy) is 2. The molecule has 0 radical (unpaired) electrons. The Bertz CT molecular complexity index is 1010. The molecule has 6 nitrogen and oxygen atoms in total. The molecule has 168 valence electrons. The zero-order valence-corrected chi connectivity index (χ0v) is 19.4. The first-order chi connectivity index (χ1) is 15.6. The SMILES string of the molecule is Cc1ccc(C(CN2CCOCC2)NC(=O)c2ccc(OCc3csc(C)n3)cc2)cc1. The van der Waals surface area contributed by atoms with Crippen molar-refractivity contribution in [2.75, 3.05) is 32.8 Å². The van der Waals surface area contributed by atoms with Gasteiger partial charge in [0.15, 0.2) is 0 Å². The average molecular weight is 452 g/mol. The summed E-state index contributed by atoms with van der Waals surface area (Å²) >= 11 is 1.61. The van der Waals surface area contributed by atoms with Gasteiger partial charge in [0.2, 0.25) is 0 Å². The van der Waals surface area contributed by atoms with Crippen molar-refractivity contribution in [2.24, 2.45) is 0 Å². The van der Waals surface area contributed by atoms with Gasteiger partial charge in [-0.25, -0.2) is 4.98 Å². The maximum absolute atomic E-state index is 13.0. The number of amides is 1. The fourth-order valence-electron chi connectivity index (χ4n) is 3.65. The number of hydrogen-bond donors (Lipinski definition) is 1. The summed E-state index contributed by atoms with van der Waals surface area (Å²) in [5.41, 5.74) is 3.84. The Morgan fingerprint density at radius 1 is 1.12 bits per heavy atom. The van der Waals surface area contributed by atoms with Crippen LogP contribution in [0.1, 0.15) is 38.2 Å². The molecule has 3 aromatic rings. The number of aryl methyl sites for hydroxylation is 2. The molecule has 0 bridgehead atoms. The van der Waals surface area contributed by atoms with Gasteiger partial charge in [0, 0.05) is 30.6 Å². The molecule has 2 aromatic carbocycles. The van der Waals surface area contributed by atoms with Gasteiger partial charge in [0.1, 0.15) is 12.4 Å². The fourth-order valence-corrected chi connectivity index (χ4v) is 4.25. The highest BCUT2D eigenvalue weighted by Gasteiger charge is 2.21. The largest absolute Gasteiger partial charge is 0.487 e. The molecule has 1 atom stereocenters. The van der Waals surface area contributed by atoms with Crippen LogP contribution in [0, 0.1) is 13.8 Å². The molecular weight excluding hydrogens is 422 g/mol. The molecule has 1 aromatic heterocycles. The molecule has 32 heavy (non-hydrogen) atoms. The molecule has 7 heteroatoms. The predicted molar refractivity (Wildman–Crippen MR) is 126 cm³/mol. The number of nitrogens with one attached hydrogen (secondary N) is 1. The van der Waals surface area contributed by atoms with E-state index in [9.17, 15) is 4.79 Å². The van der Waals surface area contributed by atoms with E-state index in [2.05, 4.69) is 46.4 Å². The van der Waals surface area contributed by atoms with Gasteiger partial charge in [-0.05, 0) is 43.7 Å². The number of aromatic nitrogens is 1. The second kappa shape index (κ2) is 10.7. The minimum absolute atomic E-state index is 0.0921. The first kappa shape index (κ1) is 22.5. The van der Waals surface area contributed by atoms with E-state index in [1.54, 1.807) is 23.5 Å². The van der Waals surface area contributed by atoms with E-state index < -0.39 is 0 Å². The van der Waals surface area contributed by atoms with E-state index in [4.69, 9.17) is 9.47 Å². The Labute approximate surface area is 193 Å². The lowest BCUT2D eigenvalue weighted by Crippen LogP contribution is -2.43. The zero-order chi connectivity index (χ0) is 22.3. The van der Waals surface area contributed by atoms with Crippen molar-refractivity contribution in [3.63, 3.8) is 0 Å². The highest BCUT2D eigenvalue weighted by molar-refractivity contribution is 7.09. The van der Waals surface area contributed by atoms with E-state index >= 15 is 0 Å². The highest BCUT2D eigenvalue weighted by Crippen LogP contribution is 2.19. The summed E-state index contributed by atoms with van der Waals surface area (Å²) in [6, 6.07) is 15.5. The van der Waals surface area contributed by atoms with Crippen molar-refractivity contribution >= 4 is 17.2 Å². The van der Waals surface area contributed by atoms with Crippen molar-refractivity contribution in [3.05, 3.63) is 81.3 Å². The van der Waals surface area contributed by atoms with E-state index in [-0.39, 0.29) is 11.9 Å². The van der Waals surface area contributed by atoms with E-state index in [0.717, 1.165) is 54.9 Å². The van der Waals surface area contributed by atoms with Gasteiger partial charge < -0.3 is 14.8 Å². The van der Waals surface area contributed by atoms with Crippen LogP contribution >= 0.6 is 11.3 Å². The molecule has 1 N–H and O–H groups in total. The van der Waals surface area contributed by atoms with Gasteiger partial charge in [0.05, 0.1) is 30.0 Å². The number of benzene rings is 2. The third kappa shape index (κ3) is 6.16. The van der Waals surface area contributed by atoms with E-state index in [1.807, 2.05) is 24.4 Å². The molecule has 1 fully saturated rings. The highest BCUT2D eigenvalue weighted by atomic mass is 32.1. The quantitative estimate of drug-likeness (QED) is 0.558. The average Bonchev–Trinajstić information content (AvgIpc) is 3.24. The zero-order valence-electron chi connectivity index (χ0n) is 18.5. The second-order valence-corrected chi connectivity index (χ2v) is 9.08. The number of morpholine rings is 1. The van der Waals surface area contributed by atoms with Crippen molar-refractivity contribution in [2.45, 2.75) is 26.5 Å². The fraction of sp³-hybridized carbons (Fsp3) is 0.360. The molecule has 4 rings (SSSR count). The van der Waals surface area contributed by atoms with Crippen molar-refractivity contribution in [3.8, 4) is 5.75 Å². The second-order valence-electron chi connectivity index (χ2n) is 8.02. The Balaban J connectivity index is 1.40. The first-order valence-electron chi connectivity index (χ1n) is 10.9. The van der Waals surface area contributed by atoms with Crippen LogP contribution in [0.4, 0.5) is 0 Å². The number of carbonyl (C=O) groups excluding carboxylic acids is 1. The van der Waals surface area contributed by atoms with Crippen LogP contribution < -0.4 is 10.1 Å². The smallest absolute Gasteiger partial charge is 0.251 e. The van der Waals surface area contributed by atoms with Crippen LogP contribution in [0.2, 0.25) is 0 Å². The monoisotopic (exact) mass is 451 g/mol. The van der Waals surface area contributed by atoms with Crippen LogP contribution in [-0.4, -0.2) is 48.6 Å². The summed E-state index contributed by atoms with van der Waals surface area (Å²) in [4.78, 5) is 19.8. The molecular formula is C25H29N3O3S. The van der Waals surface area contributed by atoms with Gasteiger partial charge in [-0.3, -0.25) is 9.69 Å². The summed E-state index contributed by atoms with van der Waals surface area (Å²) in [6.45, 7) is 8.44. The Kier molecular flexibility index (Phi) is 7.52. The predicted octanol–water partition coefficient (Wildman–Crippen LogP) is 4.14. The van der Waals surface area contributed by atoms with Gasteiger partial charge >= 0.3 is 0 Å². The third-order valence-corrected chi connectivity index (χ3v) is 6.32. The van der Waals surface area contributed by atoms with Gasteiger partial charge in [0.25, 0.3) is 5.91 Å². The molecule has 1 unspecified atom stereocenters. The summed E-state index contributed by atoms with van der Waals surface area (Å²) in [5.74, 6) is 0.626. The molecule has 0 saturated carbocycles. The molecule has 1 amide bonds. The molecule has 1 aliphatic rings. The minimum Gasteiger partial charge on any atom is -0.487 e. The first-order valence-corrected chi connectivity index (χ1v) is 11.8. The van der Waals surface area contributed by atoms with Crippen LogP contribution in [-0.2, 0) is 11.3 Å².